The summed E-state index contributed by atoms with van der Waals surface area (Å²) in [7, 11) is 3.96. The van der Waals surface area contributed by atoms with Crippen LogP contribution < -0.4 is 16.0 Å². The molecule has 0 saturated heterocycles. The molecule has 9 heteroatoms. The molecule has 0 aliphatic carbocycles. The first-order valence-electron chi connectivity index (χ1n) is 13.1. The van der Waals surface area contributed by atoms with E-state index in [4.69, 9.17) is 0 Å². The number of aromatic nitrogens is 3. The maximum Gasteiger partial charge on any atom is 0.255 e. The van der Waals surface area contributed by atoms with E-state index in [2.05, 4.69) is 37.0 Å². The first-order valence-corrected chi connectivity index (χ1v) is 13.1. The summed E-state index contributed by atoms with van der Waals surface area (Å²) in [5.41, 5.74) is 5.35. The third-order valence-corrected chi connectivity index (χ3v) is 6.34. The van der Waals surface area contributed by atoms with E-state index in [9.17, 15) is 9.59 Å². The van der Waals surface area contributed by atoms with E-state index in [1.807, 2.05) is 73.7 Å². The van der Waals surface area contributed by atoms with Gasteiger partial charge >= 0.3 is 0 Å². The molecule has 0 radical (unpaired) electrons. The van der Waals surface area contributed by atoms with Gasteiger partial charge in [-0.25, -0.2) is 9.97 Å². The molecule has 9 nitrogen and oxygen atoms in total. The molecule has 40 heavy (non-hydrogen) atoms. The predicted molar refractivity (Wildman–Crippen MR) is 160 cm³/mol. The van der Waals surface area contributed by atoms with Gasteiger partial charge in [0.05, 0.1) is 5.69 Å². The quantitative estimate of drug-likeness (QED) is 0.178. The normalized spacial score (nSPS) is 11.0. The second kappa shape index (κ2) is 12.2. The van der Waals surface area contributed by atoms with Crippen LogP contribution in [-0.4, -0.2) is 52.3 Å². The number of carbonyl (C=O) groups excluding carboxylic acids is 2. The molecule has 2 heterocycles. The highest BCUT2D eigenvalue weighted by Gasteiger charge is 2.10. The number of hydrogen-bond acceptors (Lipinski definition) is 6. The molecule has 0 aliphatic rings. The summed E-state index contributed by atoms with van der Waals surface area (Å²) in [4.78, 5) is 39.4. The maximum atomic E-state index is 12.9. The highest BCUT2D eigenvalue weighted by molar-refractivity contribution is 6.05. The molecule has 0 spiro atoms. The Balaban J connectivity index is 1.20. The van der Waals surface area contributed by atoms with E-state index in [0.717, 1.165) is 40.8 Å². The van der Waals surface area contributed by atoms with Gasteiger partial charge in [-0.2, -0.15) is 0 Å². The van der Waals surface area contributed by atoms with Gasteiger partial charge in [0.2, 0.25) is 11.9 Å². The van der Waals surface area contributed by atoms with E-state index in [1.165, 1.54) is 0 Å². The number of hydrogen-bond donors (Lipinski definition) is 4. The zero-order chi connectivity index (χ0) is 27.9. The van der Waals surface area contributed by atoms with Gasteiger partial charge in [-0.05, 0) is 81.7 Å². The highest BCUT2D eigenvalue weighted by Crippen LogP contribution is 2.28. The number of rotatable bonds is 10. The molecule has 0 atom stereocenters. The van der Waals surface area contributed by atoms with Crippen LogP contribution in [0, 0.1) is 0 Å². The molecule has 3 aromatic carbocycles. The molecule has 0 bridgehead atoms. The minimum absolute atomic E-state index is 0.0423. The van der Waals surface area contributed by atoms with Crippen molar-refractivity contribution in [2.75, 3.05) is 36.6 Å². The molecule has 5 aromatic rings. The third-order valence-electron chi connectivity index (χ3n) is 6.34. The second-order valence-electron chi connectivity index (χ2n) is 9.71. The van der Waals surface area contributed by atoms with Crippen LogP contribution in [0.2, 0.25) is 0 Å². The Hall–Kier alpha value is -5.02. The van der Waals surface area contributed by atoms with Crippen molar-refractivity contribution in [2.45, 2.75) is 12.8 Å². The summed E-state index contributed by atoms with van der Waals surface area (Å²) in [5.74, 6) is 0.156. The number of nitrogens with one attached hydrogen (secondary N) is 4. The van der Waals surface area contributed by atoms with E-state index in [1.54, 1.807) is 30.5 Å². The van der Waals surface area contributed by atoms with Crippen molar-refractivity contribution in [1.29, 1.82) is 0 Å². The van der Waals surface area contributed by atoms with Gasteiger partial charge in [0.1, 0.15) is 0 Å². The minimum atomic E-state index is -0.251. The Labute approximate surface area is 232 Å². The molecular formula is C31H31N7O2. The van der Waals surface area contributed by atoms with Crippen molar-refractivity contribution in [2.24, 2.45) is 0 Å². The number of nitrogens with zero attached hydrogens (tertiary/aromatic N) is 3. The summed E-state index contributed by atoms with van der Waals surface area (Å²) in [6, 6.07) is 24.2. The fourth-order valence-corrected chi connectivity index (χ4v) is 4.34. The topological polar surface area (TPSA) is 115 Å². The number of para-hydroxylation sites is 1. The highest BCUT2D eigenvalue weighted by atomic mass is 16.2. The Kier molecular flexibility index (Phi) is 8.13. The van der Waals surface area contributed by atoms with Crippen LogP contribution in [0.4, 0.5) is 23.0 Å². The van der Waals surface area contributed by atoms with E-state index < -0.39 is 0 Å². The molecular weight excluding hydrogens is 502 g/mol. The number of anilines is 4. The Morgan fingerprint density at radius 2 is 1.68 bits per heavy atom. The number of fused-ring (bicyclic) bond motifs is 1. The van der Waals surface area contributed by atoms with Crippen molar-refractivity contribution in [3.63, 3.8) is 0 Å². The van der Waals surface area contributed by atoms with Gasteiger partial charge in [-0.3, -0.25) is 9.59 Å². The lowest BCUT2D eigenvalue weighted by Crippen LogP contribution is -2.17. The lowest BCUT2D eigenvalue weighted by atomic mass is 10.1. The van der Waals surface area contributed by atoms with E-state index in [-0.39, 0.29) is 11.8 Å². The summed E-state index contributed by atoms with van der Waals surface area (Å²) >= 11 is 0. The number of carbonyl (C=O) groups is 2. The van der Waals surface area contributed by atoms with Crippen LogP contribution in [0.5, 0.6) is 0 Å². The van der Waals surface area contributed by atoms with Gasteiger partial charge in [0, 0.05) is 57.9 Å². The molecule has 202 valence electrons. The summed E-state index contributed by atoms with van der Waals surface area (Å²) < 4.78 is 0. The molecule has 0 saturated carbocycles. The average molecular weight is 534 g/mol. The van der Waals surface area contributed by atoms with Gasteiger partial charge in [-0.1, -0.05) is 24.3 Å². The smallest absolute Gasteiger partial charge is 0.255 e. The van der Waals surface area contributed by atoms with Crippen molar-refractivity contribution < 1.29 is 9.59 Å². The van der Waals surface area contributed by atoms with Crippen molar-refractivity contribution in [3.8, 4) is 11.3 Å². The van der Waals surface area contributed by atoms with Gasteiger partial charge < -0.3 is 25.8 Å². The first kappa shape index (κ1) is 26.6. The monoisotopic (exact) mass is 533 g/mol. The second-order valence-corrected chi connectivity index (χ2v) is 9.71. The SMILES string of the molecule is CN(C)CCCC(=O)Nc1ccc(C(=O)Nc2cccc(Nc3nccc(-c4c[nH]c5ccccc45)n3)c2)cc1. The Morgan fingerprint density at radius 3 is 2.50 bits per heavy atom. The minimum Gasteiger partial charge on any atom is -0.360 e. The van der Waals surface area contributed by atoms with Crippen LogP contribution in [0.1, 0.15) is 23.2 Å². The molecule has 0 fully saturated rings. The van der Waals surface area contributed by atoms with Gasteiger partial charge in [-0.15, -0.1) is 0 Å². The fourth-order valence-electron chi connectivity index (χ4n) is 4.34. The van der Waals surface area contributed by atoms with Crippen LogP contribution in [-0.2, 0) is 4.79 Å². The number of benzene rings is 3. The fraction of sp³-hybridized carbons (Fsp3) is 0.161. The van der Waals surface area contributed by atoms with E-state index >= 15 is 0 Å². The van der Waals surface area contributed by atoms with E-state index in [0.29, 0.717) is 29.3 Å². The summed E-state index contributed by atoms with van der Waals surface area (Å²) in [5, 5.41) is 10.1. The van der Waals surface area contributed by atoms with Gasteiger partial charge in [0.25, 0.3) is 5.91 Å². The van der Waals surface area contributed by atoms with Crippen LogP contribution in [0.15, 0.2) is 91.3 Å². The molecule has 0 unspecified atom stereocenters. The summed E-state index contributed by atoms with van der Waals surface area (Å²) in [6.07, 6.45) is 4.89. The Bertz CT molecular complexity index is 1630. The van der Waals surface area contributed by atoms with Crippen molar-refractivity contribution >= 4 is 45.7 Å². The largest absolute Gasteiger partial charge is 0.360 e. The summed E-state index contributed by atoms with van der Waals surface area (Å²) in [6.45, 7) is 0.855. The molecule has 5 rings (SSSR count). The van der Waals surface area contributed by atoms with Gasteiger partial charge in [0.15, 0.2) is 0 Å². The molecule has 2 amide bonds. The Morgan fingerprint density at radius 1 is 0.875 bits per heavy atom. The van der Waals surface area contributed by atoms with Crippen molar-refractivity contribution in [1.82, 2.24) is 19.9 Å². The van der Waals surface area contributed by atoms with Crippen molar-refractivity contribution in [3.05, 3.63) is 96.8 Å². The standard InChI is InChI=1S/C31H31N7O2/c1-38(2)18-6-11-29(39)34-22-14-12-21(13-15-22)30(40)35-23-7-5-8-24(19-23)36-31-32-17-16-28(37-31)26-20-33-27-10-4-3-9-25(26)27/h3-5,7-10,12-17,19-20,33H,6,11,18H2,1-2H3,(H,34,39)(H,35,40)(H,32,36,37). The lowest BCUT2D eigenvalue weighted by molar-refractivity contribution is -0.116. The number of amides is 2. The number of aromatic amines is 1. The molecule has 2 aromatic heterocycles. The van der Waals surface area contributed by atoms with Crippen LogP contribution in [0.25, 0.3) is 22.2 Å². The zero-order valence-electron chi connectivity index (χ0n) is 22.4. The van der Waals surface area contributed by atoms with Crippen LogP contribution >= 0.6 is 0 Å². The molecule has 0 aliphatic heterocycles. The van der Waals surface area contributed by atoms with Crippen LogP contribution in [0.3, 0.4) is 0 Å². The zero-order valence-corrected chi connectivity index (χ0v) is 22.4. The average Bonchev–Trinajstić information content (AvgIpc) is 3.38. The number of H-pyrrole nitrogens is 1. The first-order chi connectivity index (χ1) is 19.4. The maximum absolute atomic E-state index is 12.9. The predicted octanol–water partition coefficient (Wildman–Crippen LogP) is 5.90. The lowest BCUT2D eigenvalue weighted by Gasteiger charge is -2.11. The third kappa shape index (κ3) is 6.69. The molecule has 4 N–H and O–H groups in total.